The Kier molecular flexibility index (Phi) is 3.99. The zero-order valence-electron chi connectivity index (χ0n) is 12.5. The topological polar surface area (TPSA) is 48.3 Å². The van der Waals surface area contributed by atoms with Gasteiger partial charge in [0, 0.05) is 36.5 Å². The molecule has 0 saturated heterocycles. The van der Waals surface area contributed by atoms with E-state index >= 15 is 0 Å². The van der Waals surface area contributed by atoms with Crippen molar-refractivity contribution in [2.75, 3.05) is 18.5 Å². The second-order valence-electron chi connectivity index (χ2n) is 5.21. The summed E-state index contributed by atoms with van der Waals surface area (Å²) in [5, 5.41) is 7.79. The van der Waals surface area contributed by atoms with Crippen LogP contribution in [0.2, 0.25) is 0 Å². The van der Waals surface area contributed by atoms with Crippen LogP contribution in [-0.4, -0.2) is 23.0 Å². The molecule has 0 radical (unpaired) electrons. The van der Waals surface area contributed by atoms with Gasteiger partial charge >= 0.3 is 0 Å². The van der Waals surface area contributed by atoms with Gasteiger partial charge in [-0.25, -0.2) is 0 Å². The first-order valence-corrected chi connectivity index (χ1v) is 7.45. The third kappa shape index (κ3) is 3.12. The minimum absolute atomic E-state index is 0.190. The van der Waals surface area contributed by atoms with E-state index in [1.807, 2.05) is 29.1 Å². The fraction of sp³-hybridized carbons (Fsp3) is 0.438. The fourth-order valence-corrected chi connectivity index (χ4v) is 2.36. The molecule has 0 spiro atoms. The molecule has 0 aliphatic carbocycles. The molecule has 112 valence electrons. The van der Waals surface area contributed by atoms with E-state index in [0.29, 0.717) is 13.2 Å². The van der Waals surface area contributed by atoms with Gasteiger partial charge in [-0.2, -0.15) is 5.10 Å². The largest absolute Gasteiger partial charge is 0.490 e. The molecule has 1 N–H and O–H groups in total. The highest BCUT2D eigenvalue weighted by molar-refractivity contribution is 5.55. The molecule has 0 bridgehead atoms. The van der Waals surface area contributed by atoms with Gasteiger partial charge in [-0.05, 0) is 26.0 Å². The first kappa shape index (κ1) is 13.8. The maximum atomic E-state index is 5.72. The predicted molar refractivity (Wildman–Crippen MR) is 82.0 cm³/mol. The maximum absolute atomic E-state index is 5.72. The van der Waals surface area contributed by atoms with Gasteiger partial charge in [0.25, 0.3) is 0 Å². The summed E-state index contributed by atoms with van der Waals surface area (Å²) < 4.78 is 13.3. The lowest BCUT2D eigenvalue weighted by Crippen LogP contribution is -2.06. The van der Waals surface area contributed by atoms with E-state index in [0.717, 1.165) is 30.2 Å². The van der Waals surface area contributed by atoms with Gasteiger partial charge in [-0.3, -0.25) is 4.68 Å². The zero-order chi connectivity index (χ0) is 14.7. The molecule has 0 fully saturated rings. The second kappa shape index (κ2) is 6.08. The molecule has 1 aliphatic heterocycles. The zero-order valence-corrected chi connectivity index (χ0v) is 12.5. The van der Waals surface area contributed by atoms with Crippen LogP contribution in [0.25, 0.3) is 0 Å². The number of nitrogens with zero attached hydrogens (tertiary/aromatic N) is 2. The van der Waals surface area contributed by atoms with Gasteiger partial charge in [0.1, 0.15) is 0 Å². The van der Waals surface area contributed by atoms with Crippen molar-refractivity contribution in [1.82, 2.24) is 9.78 Å². The number of hydrogen-bond donors (Lipinski definition) is 1. The van der Waals surface area contributed by atoms with Crippen molar-refractivity contribution in [1.29, 1.82) is 0 Å². The molecule has 0 saturated carbocycles. The predicted octanol–water partition coefficient (Wildman–Crippen LogP) is 3.24. The summed E-state index contributed by atoms with van der Waals surface area (Å²) in [6.45, 7) is 6.51. The lowest BCUT2D eigenvalue weighted by Gasteiger charge is -2.15. The molecular weight excluding hydrogens is 266 g/mol. The van der Waals surface area contributed by atoms with Crippen molar-refractivity contribution in [3.05, 3.63) is 36.2 Å². The van der Waals surface area contributed by atoms with E-state index in [9.17, 15) is 0 Å². The molecule has 1 aromatic heterocycles. The minimum atomic E-state index is 0.190. The Hall–Kier alpha value is -2.17. The molecule has 1 atom stereocenters. The average molecular weight is 287 g/mol. The van der Waals surface area contributed by atoms with Gasteiger partial charge in [0.05, 0.1) is 25.5 Å². The third-order valence-corrected chi connectivity index (χ3v) is 3.61. The van der Waals surface area contributed by atoms with Crippen molar-refractivity contribution in [3.8, 4) is 11.5 Å². The second-order valence-corrected chi connectivity index (χ2v) is 5.21. The standard InChI is InChI=1S/C16H21N3O2/c1-3-19-11-13(10-17-19)12(2)18-14-5-6-15-16(9-14)21-8-4-7-20-15/h5-6,9-12,18H,3-4,7-8H2,1-2H3. The number of ether oxygens (including phenoxy) is 2. The number of nitrogens with one attached hydrogen (secondary N) is 1. The SMILES string of the molecule is CCn1cc(C(C)Nc2ccc3c(c2)OCCCO3)cn1. The first-order chi connectivity index (χ1) is 10.3. The molecule has 1 aliphatic rings. The number of hydrogen-bond acceptors (Lipinski definition) is 4. The summed E-state index contributed by atoms with van der Waals surface area (Å²) in [5.41, 5.74) is 2.19. The van der Waals surface area contributed by atoms with Crippen LogP contribution in [0.1, 0.15) is 31.9 Å². The molecule has 5 nitrogen and oxygen atoms in total. The summed E-state index contributed by atoms with van der Waals surface area (Å²) in [6, 6.07) is 6.18. The number of anilines is 1. The summed E-state index contributed by atoms with van der Waals surface area (Å²) in [5.74, 6) is 1.64. The van der Waals surface area contributed by atoms with E-state index in [1.165, 1.54) is 5.56 Å². The average Bonchev–Trinajstić information content (AvgIpc) is 2.86. The van der Waals surface area contributed by atoms with Crippen molar-refractivity contribution in [2.45, 2.75) is 32.9 Å². The van der Waals surface area contributed by atoms with Gasteiger partial charge in [-0.15, -0.1) is 0 Å². The highest BCUT2D eigenvalue weighted by Crippen LogP contribution is 2.33. The lowest BCUT2D eigenvalue weighted by molar-refractivity contribution is 0.297. The quantitative estimate of drug-likeness (QED) is 0.938. The fourth-order valence-electron chi connectivity index (χ4n) is 2.36. The smallest absolute Gasteiger partial charge is 0.163 e. The third-order valence-electron chi connectivity index (χ3n) is 3.61. The molecule has 1 aromatic carbocycles. The maximum Gasteiger partial charge on any atom is 0.163 e. The number of aryl methyl sites for hydroxylation is 1. The Morgan fingerprint density at radius 3 is 2.86 bits per heavy atom. The number of rotatable bonds is 4. The first-order valence-electron chi connectivity index (χ1n) is 7.45. The molecule has 0 amide bonds. The highest BCUT2D eigenvalue weighted by Gasteiger charge is 2.13. The lowest BCUT2D eigenvalue weighted by atomic mass is 10.1. The van der Waals surface area contributed by atoms with Crippen molar-refractivity contribution in [3.63, 3.8) is 0 Å². The molecule has 2 aromatic rings. The normalized spacial score (nSPS) is 15.3. The molecule has 21 heavy (non-hydrogen) atoms. The van der Waals surface area contributed by atoms with Gasteiger partial charge in [-0.1, -0.05) is 0 Å². The van der Waals surface area contributed by atoms with Gasteiger partial charge in [0.2, 0.25) is 0 Å². The van der Waals surface area contributed by atoms with Crippen molar-refractivity contribution in [2.24, 2.45) is 0 Å². The summed E-state index contributed by atoms with van der Waals surface area (Å²) >= 11 is 0. The van der Waals surface area contributed by atoms with Gasteiger partial charge < -0.3 is 14.8 Å². The number of benzene rings is 1. The van der Waals surface area contributed by atoms with Crippen LogP contribution in [0.4, 0.5) is 5.69 Å². The highest BCUT2D eigenvalue weighted by atomic mass is 16.5. The van der Waals surface area contributed by atoms with E-state index in [1.54, 1.807) is 0 Å². The van der Waals surface area contributed by atoms with E-state index in [2.05, 4.69) is 30.5 Å². The summed E-state index contributed by atoms with van der Waals surface area (Å²) in [7, 11) is 0. The van der Waals surface area contributed by atoms with Crippen molar-refractivity contribution >= 4 is 5.69 Å². The Morgan fingerprint density at radius 2 is 2.10 bits per heavy atom. The number of fused-ring (bicyclic) bond motifs is 1. The van der Waals surface area contributed by atoms with Crippen molar-refractivity contribution < 1.29 is 9.47 Å². The van der Waals surface area contributed by atoms with Crippen LogP contribution in [0.5, 0.6) is 11.5 Å². The Labute approximate surface area is 124 Å². The summed E-state index contributed by atoms with van der Waals surface area (Å²) in [6.07, 6.45) is 4.90. The monoisotopic (exact) mass is 287 g/mol. The van der Waals surface area contributed by atoms with Crippen LogP contribution < -0.4 is 14.8 Å². The van der Waals surface area contributed by atoms with Crippen LogP contribution in [0.3, 0.4) is 0 Å². The molecule has 3 rings (SSSR count). The van der Waals surface area contributed by atoms with E-state index < -0.39 is 0 Å². The van der Waals surface area contributed by atoms with Crippen LogP contribution in [0, 0.1) is 0 Å². The minimum Gasteiger partial charge on any atom is -0.490 e. The van der Waals surface area contributed by atoms with Gasteiger partial charge in [0.15, 0.2) is 11.5 Å². The van der Waals surface area contributed by atoms with Crippen LogP contribution >= 0.6 is 0 Å². The van der Waals surface area contributed by atoms with E-state index in [-0.39, 0.29) is 6.04 Å². The Bertz CT molecular complexity index is 609. The van der Waals surface area contributed by atoms with E-state index in [4.69, 9.17) is 9.47 Å². The molecule has 1 unspecified atom stereocenters. The Morgan fingerprint density at radius 1 is 1.29 bits per heavy atom. The molecule has 2 heterocycles. The Balaban J connectivity index is 1.73. The van der Waals surface area contributed by atoms with Crippen LogP contribution in [0.15, 0.2) is 30.6 Å². The molecule has 5 heteroatoms. The number of aromatic nitrogens is 2. The van der Waals surface area contributed by atoms with Crippen LogP contribution in [-0.2, 0) is 6.54 Å². The summed E-state index contributed by atoms with van der Waals surface area (Å²) in [4.78, 5) is 0. The molecular formula is C16H21N3O2.